The molecule has 2 nitrogen and oxygen atoms in total. The van der Waals surface area contributed by atoms with E-state index in [1.54, 1.807) is 13.8 Å². The summed E-state index contributed by atoms with van der Waals surface area (Å²) < 4.78 is 39.3. The zero-order chi connectivity index (χ0) is 9.07. The van der Waals surface area contributed by atoms with Gasteiger partial charge in [0.15, 0.2) is 6.10 Å². The Bertz CT molecular complexity index is 111. The largest absolute Gasteiger partial charge is 0.416 e. The van der Waals surface area contributed by atoms with Gasteiger partial charge in [-0.15, -0.1) is 0 Å². The van der Waals surface area contributed by atoms with Gasteiger partial charge in [-0.25, -0.2) is 0 Å². The first-order valence-corrected chi connectivity index (χ1v) is 3.20. The molecule has 0 aromatic rings. The van der Waals surface area contributed by atoms with Gasteiger partial charge in [-0.2, -0.15) is 13.2 Å². The Morgan fingerprint density at radius 3 is 2.09 bits per heavy atom. The number of halogens is 3. The lowest BCUT2D eigenvalue weighted by atomic mass is 10.3. The van der Waals surface area contributed by atoms with E-state index < -0.39 is 18.9 Å². The van der Waals surface area contributed by atoms with Crippen molar-refractivity contribution in [3.05, 3.63) is 0 Å². The van der Waals surface area contributed by atoms with Gasteiger partial charge in [0.1, 0.15) is 0 Å². The maximum absolute atomic E-state index is 11.6. The molecule has 5 heteroatoms. The molecule has 0 radical (unpaired) electrons. The highest BCUT2D eigenvalue weighted by atomic mass is 19.4. The van der Waals surface area contributed by atoms with E-state index in [-0.39, 0.29) is 6.10 Å². The molecule has 0 rings (SSSR count). The lowest BCUT2D eigenvalue weighted by molar-refractivity contribution is -0.219. The molecular weight excluding hydrogens is 161 g/mol. The van der Waals surface area contributed by atoms with Crippen molar-refractivity contribution in [1.82, 2.24) is 0 Å². The summed E-state index contributed by atoms with van der Waals surface area (Å²) in [7, 11) is 0. The molecule has 0 saturated carbocycles. The van der Waals surface area contributed by atoms with E-state index in [2.05, 4.69) is 4.74 Å². The molecule has 11 heavy (non-hydrogen) atoms. The van der Waals surface area contributed by atoms with Crippen LogP contribution in [-0.4, -0.2) is 30.1 Å². The van der Waals surface area contributed by atoms with Gasteiger partial charge < -0.3 is 9.84 Å². The third kappa shape index (κ3) is 5.03. The second-order valence-corrected chi connectivity index (χ2v) is 2.44. The minimum atomic E-state index is -4.57. The van der Waals surface area contributed by atoms with E-state index in [4.69, 9.17) is 5.11 Å². The van der Waals surface area contributed by atoms with Crippen LogP contribution in [0.5, 0.6) is 0 Å². The van der Waals surface area contributed by atoms with Crippen molar-refractivity contribution >= 4 is 0 Å². The SMILES string of the molecule is CC(C)OCC(O)C(F)(F)F. The van der Waals surface area contributed by atoms with Gasteiger partial charge in [0, 0.05) is 0 Å². The molecule has 0 spiro atoms. The highest BCUT2D eigenvalue weighted by Crippen LogP contribution is 2.20. The van der Waals surface area contributed by atoms with Crippen LogP contribution in [0, 0.1) is 0 Å². The number of alkyl halides is 3. The summed E-state index contributed by atoms with van der Waals surface area (Å²) >= 11 is 0. The Morgan fingerprint density at radius 1 is 1.36 bits per heavy atom. The maximum atomic E-state index is 11.6. The molecule has 0 aromatic heterocycles. The summed E-state index contributed by atoms with van der Waals surface area (Å²) in [6, 6.07) is 0. The van der Waals surface area contributed by atoms with Crippen LogP contribution < -0.4 is 0 Å². The van der Waals surface area contributed by atoms with Crippen molar-refractivity contribution in [3.8, 4) is 0 Å². The van der Waals surface area contributed by atoms with E-state index in [0.717, 1.165) is 0 Å². The molecule has 68 valence electrons. The van der Waals surface area contributed by atoms with Gasteiger partial charge in [0.25, 0.3) is 0 Å². The summed E-state index contributed by atoms with van der Waals surface area (Å²) in [5.74, 6) is 0. The van der Waals surface area contributed by atoms with Crippen LogP contribution in [0.2, 0.25) is 0 Å². The van der Waals surface area contributed by atoms with Crippen LogP contribution >= 0.6 is 0 Å². The predicted molar refractivity (Wildman–Crippen MR) is 33.1 cm³/mol. The van der Waals surface area contributed by atoms with Gasteiger partial charge in [-0.3, -0.25) is 0 Å². The number of aliphatic hydroxyl groups excluding tert-OH is 1. The van der Waals surface area contributed by atoms with Crippen LogP contribution in [-0.2, 0) is 4.74 Å². The fourth-order valence-corrected chi connectivity index (χ4v) is 0.378. The second-order valence-electron chi connectivity index (χ2n) is 2.44. The van der Waals surface area contributed by atoms with Crippen molar-refractivity contribution in [1.29, 1.82) is 0 Å². The van der Waals surface area contributed by atoms with E-state index in [1.807, 2.05) is 0 Å². The third-order valence-corrected chi connectivity index (χ3v) is 0.965. The van der Waals surface area contributed by atoms with Crippen molar-refractivity contribution < 1.29 is 23.0 Å². The highest BCUT2D eigenvalue weighted by Gasteiger charge is 2.38. The molecule has 0 bridgehead atoms. The number of ether oxygens (including phenoxy) is 1. The van der Waals surface area contributed by atoms with Crippen molar-refractivity contribution in [2.24, 2.45) is 0 Å². The van der Waals surface area contributed by atoms with E-state index in [0.29, 0.717) is 0 Å². The Kier molecular flexibility index (Phi) is 3.82. The fourth-order valence-electron chi connectivity index (χ4n) is 0.378. The molecule has 0 amide bonds. The molecule has 0 aromatic carbocycles. The van der Waals surface area contributed by atoms with Crippen molar-refractivity contribution in [3.63, 3.8) is 0 Å². The fraction of sp³-hybridized carbons (Fsp3) is 1.00. The zero-order valence-electron chi connectivity index (χ0n) is 6.35. The van der Waals surface area contributed by atoms with E-state index in [1.165, 1.54) is 0 Å². The maximum Gasteiger partial charge on any atom is 0.416 e. The summed E-state index contributed by atoms with van der Waals surface area (Å²) in [5, 5.41) is 8.38. The Morgan fingerprint density at radius 2 is 1.82 bits per heavy atom. The monoisotopic (exact) mass is 172 g/mol. The molecule has 1 N–H and O–H groups in total. The van der Waals surface area contributed by atoms with Gasteiger partial charge in [-0.1, -0.05) is 0 Å². The minimum absolute atomic E-state index is 0.299. The molecule has 1 atom stereocenters. The average Bonchev–Trinajstić information content (AvgIpc) is 1.80. The first-order chi connectivity index (χ1) is 4.84. The molecule has 0 aliphatic heterocycles. The molecule has 0 saturated heterocycles. The first-order valence-electron chi connectivity index (χ1n) is 3.20. The van der Waals surface area contributed by atoms with Crippen LogP contribution in [0.25, 0.3) is 0 Å². The van der Waals surface area contributed by atoms with Crippen molar-refractivity contribution in [2.75, 3.05) is 6.61 Å². The molecule has 0 aliphatic rings. The Labute approximate surface area is 63.0 Å². The summed E-state index contributed by atoms with van der Waals surface area (Å²) in [6.45, 7) is 2.51. The van der Waals surface area contributed by atoms with Crippen LogP contribution in [0.15, 0.2) is 0 Å². The standard InChI is InChI=1S/C6H11F3O2/c1-4(2)11-3-5(10)6(7,8)9/h4-5,10H,3H2,1-2H3. The smallest absolute Gasteiger partial charge is 0.382 e. The van der Waals surface area contributed by atoms with Gasteiger partial charge in [0.05, 0.1) is 12.7 Å². The second kappa shape index (κ2) is 3.92. The average molecular weight is 172 g/mol. The Balaban J connectivity index is 3.61. The zero-order valence-corrected chi connectivity index (χ0v) is 6.35. The van der Waals surface area contributed by atoms with Gasteiger partial charge in [-0.05, 0) is 13.8 Å². The van der Waals surface area contributed by atoms with Crippen LogP contribution in [0.3, 0.4) is 0 Å². The highest BCUT2D eigenvalue weighted by molar-refractivity contribution is 4.63. The molecule has 0 aliphatic carbocycles. The van der Waals surface area contributed by atoms with Gasteiger partial charge >= 0.3 is 6.18 Å². The minimum Gasteiger partial charge on any atom is -0.382 e. The topological polar surface area (TPSA) is 29.5 Å². The van der Waals surface area contributed by atoms with E-state index >= 15 is 0 Å². The normalized spacial score (nSPS) is 15.5. The van der Waals surface area contributed by atoms with Gasteiger partial charge in [0.2, 0.25) is 0 Å². The summed E-state index contributed by atoms with van der Waals surface area (Å²) in [4.78, 5) is 0. The lowest BCUT2D eigenvalue weighted by Gasteiger charge is -2.15. The summed E-state index contributed by atoms with van der Waals surface area (Å²) in [6.07, 6.45) is -7.24. The van der Waals surface area contributed by atoms with Crippen molar-refractivity contribution in [2.45, 2.75) is 32.2 Å². The summed E-state index contributed by atoms with van der Waals surface area (Å²) in [5.41, 5.74) is 0. The molecular formula is C6H11F3O2. The van der Waals surface area contributed by atoms with E-state index in [9.17, 15) is 13.2 Å². The van der Waals surface area contributed by atoms with Crippen LogP contribution in [0.4, 0.5) is 13.2 Å². The number of aliphatic hydroxyl groups is 1. The number of rotatable bonds is 3. The number of hydrogen-bond donors (Lipinski definition) is 1. The number of hydrogen-bond acceptors (Lipinski definition) is 2. The molecule has 0 fully saturated rings. The quantitative estimate of drug-likeness (QED) is 0.696. The van der Waals surface area contributed by atoms with Crippen LogP contribution in [0.1, 0.15) is 13.8 Å². The first kappa shape index (κ1) is 10.7. The molecule has 0 heterocycles. The Hall–Kier alpha value is -0.290. The predicted octanol–water partition coefficient (Wildman–Crippen LogP) is 1.33. The molecule has 1 unspecified atom stereocenters. The lowest BCUT2D eigenvalue weighted by Crippen LogP contribution is -2.33. The third-order valence-electron chi connectivity index (χ3n) is 0.965.